The van der Waals surface area contributed by atoms with E-state index in [1.54, 1.807) is 45.2 Å². The number of carboxylic acids is 1. The molecule has 0 amide bonds. The van der Waals surface area contributed by atoms with Crippen molar-refractivity contribution in [2.24, 2.45) is 0 Å². The first-order chi connectivity index (χ1) is 16.8. The van der Waals surface area contributed by atoms with Crippen LogP contribution in [-0.4, -0.2) is 41.8 Å². The smallest absolute Gasteiger partial charge is 0.418 e. The molecule has 192 valence electrons. The van der Waals surface area contributed by atoms with Crippen molar-refractivity contribution in [3.05, 3.63) is 78.0 Å². The number of nitrogens with one attached hydrogen (secondary N) is 1. The molecule has 0 saturated heterocycles. The minimum absolute atomic E-state index is 0.0980. The molecule has 1 atom stereocenters. The van der Waals surface area contributed by atoms with Crippen molar-refractivity contribution in [3.8, 4) is 11.3 Å². The minimum Gasteiger partial charge on any atom is -0.481 e. The Morgan fingerprint density at radius 2 is 1.67 bits per heavy atom. The van der Waals surface area contributed by atoms with Gasteiger partial charge < -0.3 is 9.84 Å². The molecule has 0 aliphatic heterocycles. The van der Waals surface area contributed by atoms with Crippen LogP contribution in [0.25, 0.3) is 11.3 Å². The molecule has 0 saturated carbocycles. The third-order valence-corrected chi connectivity index (χ3v) is 6.98. The molecule has 8 nitrogen and oxygen atoms in total. The number of carbonyl (C=O) groups is 2. The molecular formula is C27H32N2O6S. The Bertz CT molecular complexity index is 1300. The van der Waals surface area contributed by atoms with Crippen LogP contribution in [0.5, 0.6) is 0 Å². The Hall–Kier alpha value is -3.43. The monoisotopic (exact) mass is 512 g/mol. The average Bonchev–Trinajstić information content (AvgIpc) is 3.27. The van der Waals surface area contributed by atoms with Gasteiger partial charge in [0.15, 0.2) is 0 Å². The number of benzene rings is 2. The van der Waals surface area contributed by atoms with Gasteiger partial charge in [-0.2, -0.15) is 0 Å². The van der Waals surface area contributed by atoms with Crippen LogP contribution in [0.1, 0.15) is 44.7 Å². The summed E-state index contributed by atoms with van der Waals surface area (Å²) in [6, 6.07) is 16.7. The highest BCUT2D eigenvalue weighted by molar-refractivity contribution is 7.89. The minimum atomic E-state index is -3.85. The highest BCUT2D eigenvalue weighted by Crippen LogP contribution is 2.23. The Morgan fingerprint density at radius 1 is 1.03 bits per heavy atom. The number of nitrogens with zero attached hydrogens (tertiary/aromatic N) is 1. The Labute approximate surface area is 212 Å². The van der Waals surface area contributed by atoms with Gasteiger partial charge in [0.2, 0.25) is 10.0 Å². The zero-order valence-electron chi connectivity index (χ0n) is 20.9. The number of rotatable bonds is 9. The lowest BCUT2D eigenvalue weighted by molar-refractivity contribution is -0.137. The molecule has 1 unspecified atom stereocenters. The summed E-state index contributed by atoms with van der Waals surface area (Å²) in [6.07, 6.45) is 1.64. The van der Waals surface area contributed by atoms with Gasteiger partial charge in [-0.1, -0.05) is 42.0 Å². The van der Waals surface area contributed by atoms with E-state index in [0.717, 1.165) is 16.7 Å². The van der Waals surface area contributed by atoms with E-state index < -0.39 is 33.7 Å². The topological polar surface area (TPSA) is 115 Å². The van der Waals surface area contributed by atoms with Crippen molar-refractivity contribution in [3.63, 3.8) is 0 Å². The normalized spacial score (nSPS) is 12.8. The molecule has 0 bridgehead atoms. The van der Waals surface area contributed by atoms with Gasteiger partial charge in [-0.25, -0.2) is 17.9 Å². The van der Waals surface area contributed by atoms with Gasteiger partial charge in [-0.05, 0) is 75.9 Å². The lowest BCUT2D eigenvalue weighted by Gasteiger charge is -2.20. The average molecular weight is 513 g/mol. The largest absolute Gasteiger partial charge is 0.481 e. The molecule has 1 aromatic heterocycles. The van der Waals surface area contributed by atoms with Gasteiger partial charge in [-0.3, -0.25) is 9.36 Å². The molecule has 3 aromatic rings. The molecule has 36 heavy (non-hydrogen) atoms. The van der Waals surface area contributed by atoms with Gasteiger partial charge in [0.25, 0.3) is 0 Å². The van der Waals surface area contributed by atoms with Crippen molar-refractivity contribution in [1.82, 2.24) is 9.29 Å². The Kier molecular flexibility index (Phi) is 8.37. The van der Waals surface area contributed by atoms with E-state index in [-0.39, 0.29) is 11.3 Å². The van der Waals surface area contributed by atoms with Crippen LogP contribution >= 0.6 is 0 Å². The van der Waals surface area contributed by atoms with Gasteiger partial charge in [0, 0.05) is 12.2 Å². The van der Waals surface area contributed by atoms with Crippen LogP contribution in [0.4, 0.5) is 4.79 Å². The number of hydrogen-bond acceptors (Lipinski definition) is 5. The second-order valence-electron chi connectivity index (χ2n) is 9.71. The zero-order valence-corrected chi connectivity index (χ0v) is 21.7. The number of aryl methyl sites for hydroxylation is 2. The quantitative estimate of drug-likeness (QED) is 0.417. The van der Waals surface area contributed by atoms with E-state index >= 15 is 0 Å². The molecule has 3 rings (SSSR count). The number of ether oxygens (including phenoxy) is 1. The van der Waals surface area contributed by atoms with E-state index in [9.17, 15) is 23.1 Å². The molecule has 0 spiro atoms. The van der Waals surface area contributed by atoms with Crippen molar-refractivity contribution >= 4 is 22.1 Å². The number of sulfonamides is 1. The SMILES string of the molecule is Cc1ccc(S(=O)(=O)NC(CCc2ccc(-c3cccn3C(=O)OC(C)(C)C)cc2)CC(=O)O)cc1. The first-order valence-corrected chi connectivity index (χ1v) is 13.1. The maximum absolute atomic E-state index is 12.8. The van der Waals surface area contributed by atoms with Crippen LogP contribution in [0.15, 0.2) is 71.8 Å². The van der Waals surface area contributed by atoms with Gasteiger partial charge >= 0.3 is 12.1 Å². The van der Waals surface area contributed by atoms with Crippen LogP contribution < -0.4 is 4.72 Å². The van der Waals surface area contributed by atoms with Crippen LogP contribution in [0.3, 0.4) is 0 Å². The number of carbonyl (C=O) groups excluding carboxylic acids is 1. The molecule has 9 heteroatoms. The van der Waals surface area contributed by atoms with E-state index in [4.69, 9.17) is 4.74 Å². The second kappa shape index (κ2) is 11.1. The number of carboxylic acid groups (broad SMARTS) is 1. The van der Waals surface area contributed by atoms with Crippen LogP contribution in [0.2, 0.25) is 0 Å². The van der Waals surface area contributed by atoms with E-state index in [1.807, 2.05) is 37.3 Å². The maximum atomic E-state index is 12.8. The highest BCUT2D eigenvalue weighted by Gasteiger charge is 2.23. The molecule has 2 N–H and O–H groups in total. The molecule has 0 aliphatic carbocycles. The Morgan fingerprint density at radius 3 is 2.25 bits per heavy atom. The fourth-order valence-corrected chi connectivity index (χ4v) is 4.96. The first kappa shape index (κ1) is 27.2. The standard InChI is InChI=1S/C27H32N2O6S/c1-19-7-15-23(16-8-19)36(33,34)28-22(18-25(30)31)14-11-20-9-12-21(13-10-20)24-6-5-17-29(24)26(32)35-27(2,3)4/h5-10,12-13,15-17,22,28H,11,14,18H2,1-4H3,(H,30,31). The predicted octanol–water partition coefficient (Wildman–Crippen LogP) is 5.00. The lowest BCUT2D eigenvalue weighted by Crippen LogP contribution is -2.36. The molecule has 0 aliphatic rings. The predicted molar refractivity (Wildman–Crippen MR) is 137 cm³/mol. The second-order valence-corrected chi connectivity index (χ2v) is 11.4. The molecule has 1 heterocycles. The highest BCUT2D eigenvalue weighted by atomic mass is 32.2. The summed E-state index contributed by atoms with van der Waals surface area (Å²) >= 11 is 0. The molecule has 2 aromatic carbocycles. The number of aromatic nitrogens is 1. The fourth-order valence-electron chi connectivity index (χ4n) is 3.69. The summed E-state index contributed by atoms with van der Waals surface area (Å²) in [5.41, 5.74) is 2.73. The van der Waals surface area contributed by atoms with E-state index in [0.29, 0.717) is 18.5 Å². The van der Waals surface area contributed by atoms with Crippen molar-refractivity contribution in [2.75, 3.05) is 0 Å². The van der Waals surface area contributed by atoms with Gasteiger partial charge in [-0.15, -0.1) is 0 Å². The van der Waals surface area contributed by atoms with Crippen molar-refractivity contribution < 1.29 is 27.9 Å². The first-order valence-electron chi connectivity index (χ1n) is 11.6. The summed E-state index contributed by atoms with van der Waals surface area (Å²) < 4.78 is 35.0. The molecule has 0 radical (unpaired) electrons. The van der Waals surface area contributed by atoms with Gasteiger partial charge in [0.1, 0.15) is 5.60 Å². The van der Waals surface area contributed by atoms with Crippen LogP contribution in [-0.2, 0) is 26.0 Å². The fraction of sp³-hybridized carbons (Fsp3) is 0.333. The lowest BCUT2D eigenvalue weighted by atomic mass is 10.0. The summed E-state index contributed by atoms with van der Waals surface area (Å²) in [5, 5.41) is 9.29. The van der Waals surface area contributed by atoms with E-state index in [2.05, 4.69) is 4.72 Å². The number of hydrogen-bond donors (Lipinski definition) is 2. The molecule has 0 fully saturated rings. The summed E-state index contributed by atoms with van der Waals surface area (Å²) in [7, 11) is -3.85. The van der Waals surface area contributed by atoms with Gasteiger partial charge in [0.05, 0.1) is 17.0 Å². The summed E-state index contributed by atoms with van der Waals surface area (Å²) in [5.74, 6) is -1.08. The third-order valence-electron chi connectivity index (χ3n) is 5.44. The third kappa shape index (κ3) is 7.53. The van der Waals surface area contributed by atoms with Crippen LogP contribution in [0, 0.1) is 6.92 Å². The summed E-state index contributed by atoms with van der Waals surface area (Å²) in [4.78, 5) is 24.0. The zero-order chi connectivity index (χ0) is 26.5. The van der Waals surface area contributed by atoms with Crippen molar-refractivity contribution in [2.45, 2.75) is 63.5 Å². The summed E-state index contributed by atoms with van der Waals surface area (Å²) in [6.45, 7) is 7.28. The maximum Gasteiger partial charge on any atom is 0.418 e. The Balaban J connectivity index is 1.70. The molecular weight excluding hydrogens is 480 g/mol. The van der Waals surface area contributed by atoms with Crippen molar-refractivity contribution in [1.29, 1.82) is 0 Å². The van der Waals surface area contributed by atoms with E-state index in [1.165, 1.54) is 16.7 Å². The number of aliphatic carboxylic acids is 1.